The Morgan fingerprint density at radius 1 is 1.07 bits per heavy atom. The van der Waals surface area contributed by atoms with E-state index in [0.717, 1.165) is 48.5 Å². The molecule has 1 saturated heterocycles. The van der Waals surface area contributed by atoms with Crippen molar-refractivity contribution in [3.05, 3.63) is 64.5 Å². The Balaban J connectivity index is 1.33. The molecule has 30 heavy (non-hydrogen) atoms. The monoisotopic (exact) mass is 407 g/mol. The van der Waals surface area contributed by atoms with E-state index in [0.29, 0.717) is 11.3 Å². The van der Waals surface area contributed by atoms with Crippen LogP contribution in [0.15, 0.2) is 57.7 Å². The standard InChI is InChI=1S/C23H25N3O4/c1-16-13-23(28)30-21-14-19(7-8-20(16)21)29-15-22(27)24-17-3-5-18(6-4-17)26-11-9-25(2)10-12-26/h3-8,13-14H,9-12,15H2,1-2H3,(H,24,27). The van der Waals surface area contributed by atoms with Gasteiger partial charge in [-0.15, -0.1) is 0 Å². The van der Waals surface area contributed by atoms with Crippen molar-refractivity contribution < 1.29 is 13.9 Å². The quantitative estimate of drug-likeness (QED) is 0.656. The van der Waals surface area contributed by atoms with Crippen LogP contribution in [-0.4, -0.2) is 50.6 Å². The number of carbonyl (C=O) groups is 1. The minimum atomic E-state index is -0.407. The average Bonchev–Trinajstić information content (AvgIpc) is 2.73. The summed E-state index contributed by atoms with van der Waals surface area (Å²) in [5.41, 5.74) is 2.75. The number of hydrogen-bond acceptors (Lipinski definition) is 6. The summed E-state index contributed by atoms with van der Waals surface area (Å²) in [6, 6.07) is 14.5. The van der Waals surface area contributed by atoms with Gasteiger partial charge in [0.05, 0.1) is 0 Å². The zero-order valence-electron chi connectivity index (χ0n) is 17.2. The number of aryl methyl sites for hydroxylation is 1. The highest BCUT2D eigenvalue weighted by Gasteiger charge is 2.14. The van der Waals surface area contributed by atoms with E-state index < -0.39 is 5.63 Å². The van der Waals surface area contributed by atoms with Gasteiger partial charge in [0, 0.05) is 55.1 Å². The summed E-state index contributed by atoms with van der Waals surface area (Å²) in [6.07, 6.45) is 0. The number of ether oxygens (including phenoxy) is 1. The fraction of sp³-hybridized carbons (Fsp3) is 0.304. The molecular formula is C23H25N3O4. The molecule has 1 aliphatic heterocycles. The molecule has 1 fully saturated rings. The molecule has 2 aromatic carbocycles. The van der Waals surface area contributed by atoms with Crippen molar-refractivity contribution in [3.63, 3.8) is 0 Å². The molecule has 0 aliphatic carbocycles. The maximum Gasteiger partial charge on any atom is 0.336 e. The van der Waals surface area contributed by atoms with Gasteiger partial charge in [0.15, 0.2) is 6.61 Å². The van der Waals surface area contributed by atoms with Crippen LogP contribution in [0.2, 0.25) is 0 Å². The van der Waals surface area contributed by atoms with E-state index in [1.165, 1.54) is 6.07 Å². The number of nitrogens with zero attached hydrogens (tertiary/aromatic N) is 2. The van der Waals surface area contributed by atoms with Gasteiger partial charge >= 0.3 is 5.63 Å². The minimum absolute atomic E-state index is 0.137. The number of carbonyl (C=O) groups excluding carboxylic acids is 1. The van der Waals surface area contributed by atoms with Gasteiger partial charge in [-0.3, -0.25) is 4.79 Å². The number of benzene rings is 2. The Morgan fingerprint density at radius 2 is 1.80 bits per heavy atom. The average molecular weight is 407 g/mol. The summed E-state index contributed by atoms with van der Waals surface area (Å²) >= 11 is 0. The van der Waals surface area contributed by atoms with E-state index in [1.807, 2.05) is 37.3 Å². The molecule has 3 aromatic rings. The molecule has 1 aliphatic rings. The van der Waals surface area contributed by atoms with Crippen LogP contribution < -0.4 is 20.6 Å². The predicted molar refractivity (Wildman–Crippen MR) is 117 cm³/mol. The van der Waals surface area contributed by atoms with Gasteiger partial charge in [-0.1, -0.05) is 0 Å². The highest BCUT2D eigenvalue weighted by atomic mass is 16.5. The molecule has 156 valence electrons. The van der Waals surface area contributed by atoms with Crippen LogP contribution >= 0.6 is 0 Å². The van der Waals surface area contributed by atoms with Crippen molar-refractivity contribution in [2.45, 2.75) is 6.92 Å². The Bertz CT molecular complexity index is 1100. The molecule has 2 heterocycles. The molecule has 1 N–H and O–H groups in total. The fourth-order valence-corrected chi connectivity index (χ4v) is 3.56. The second-order valence-electron chi connectivity index (χ2n) is 7.58. The molecule has 0 spiro atoms. The smallest absolute Gasteiger partial charge is 0.336 e. The van der Waals surface area contributed by atoms with Crippen molar-refractivity contribution in [3.8, 4) is 5.75 Å². The first-order valence-corrected chi connectivity index (χ1v) is 9.99. The van der Waals surface area contributed by atoms with E-state index in [-0.39, 0.29) is 12.5 Å². The lowest BCUT2D eigenvalue weighted by Crippen LogP contribution is -2.44. The number of likely N-dealkylation sites (N-methyl/N-ethyl adjacent to an activating group) is 1. The summed E-state index contributed by atoms with van der Waals surface area (Å²) < 4.78 is 10.8. The van der Waals surface area contributed by atoms with Crippen LogP contribution in [0.1, 0.15) is 5.56 Å². The van der Waals surface area contributed by atoms with E-state index in [4.69, 9.17) is 9.15 Å². The van der Waals surface area contributed by atoms with Crippen LogP contribution in [0.4, 0.5) is 11.4 Å². The maximum absolute atomic E-state index is 12.3. The summed E-state index contributed by atoms with van der Waals surface area (Å²) in [4.78, 5) is 28.5. The van der Waals surface area contributed by atoms with Crippen LogP contribution in [-0.2, 0) is 4.79 Å². The van der Waals surface area contributed by atoms with Crippen LogP contribution in [0.25, 0.3) is 11.0 Å². The Labute approximate surface area is 174 Å². The van der Waals surface area contributed by atoms with Gasteiger partial charge in [-0.05, 0) is 55.9 Å². The van der Waals surface area contributed by atoms with Crippen molar-refractivity contribution in [2.75, 3.05) is 50.1 Å². The highest BCUT2D eigenvalue weighted by Crippen LogP contribution is 2.22. The van der Waals surface area contributed by atoms with Gasteiger partial charge < -0.3 is 24.3 Å². The number of rotatable bonds is 5. The van der Waals surface area contributed by atoms with Gasteiger partial charge in [0.1, 0.15) is 11.3 Å². The van der Waals surface area contributed by atoms with Crippen molar-refractivity contribution >= 4 is 28.3 Å². The second kappa shape index (κ2) is 8.59. The lowest BCUT2D eigenvalue weighted by atomic mass is 10.1. The largest absolute Gasteiger partial charge is 0.484 e. The van der Waals surface area contributed by atoms with Gasteiger partial charge in [0.2, 0.25) is 0 Å². The molecule has 1 aromatic heterocycles. The van der Waals surface area contributed by atoms with E-state index in [1.54, 1.807) is 12.1 Å². The first-order valence-electron chi connectivity index (χ1n) is 9.99. The molecule has 0 atom stereocenters. The Kier molecular flexibility index (Phi) is 5.72. The van der Waals surface area contributed by atoms with Crippen molar-refractivity contribution in [1.82, 2.24) is 4.90 Å². The number of anilines is 2. The highest BCUT2D eigenvalue weighted by molar-refractivity contribution is 5.92. The topological polar surface area (TPSA) is 75.0 Å². The van der Waals surface area contributed by atoms with E-state index in [9.17, 15) is 9.59 Å². The predicted octanol–water partition coefficient (Wildman–Crippen LogP) is 2.87. The molecule has 0 bridgehead atoms. The SMILES string of the molecule is Cc1cc(=O)oc2cc(OCC(=O)Nc3ccc(N4CCN(C)CC4)cc3)ccc12. The Morgan fingerprint density at radius 3 is 2.53 bits per heavy atom. The molecule has 0 saturated carbocycles. The van der Waals surface area contributed by atoms with Gasteiger partial charge in [-0.2, -0.15) is 0 Å². The maximum atomic E-state index is 12.3. The van der Waals surface area contributed by atoms with Crippen LogP contribution in [0.5, 0.6) is 5.75 Å². The molecule has 7 heteroatoms. The van der Waals surface area contributed by atoms with E-state index >= 15 is 0 Å². The Hall–Kier alpha value is -3.32. The molecule has 1 amide bonds. The molecule has 0 unspecified atom stereocenters. The number of nitrogens with one attached hydrogen (secondary N) is 1. The van der Waals surface area contributed by atoms with Crippen molar-refractivity contribution in [1.29, 1.82) is 0 Å². The third kappa shape index (κ3) is 4.63. The molecule has 7 nitrogen and oxygen atoms in total. The number of fused-ring (bicyclic) bond motifs is 1. The van der Waals surface area contributed by atoms with Crippen LogP contribution in [0, 0.1) is 6.92 Å². The normalized spacial score (nSPS) is 14.7. The number of hydrogen-bond donors (Lipinski definition) is 1. The number of piperazine rings is 1. The third-order valence-electron chi connectivity index (χ3n) is 5.31. The summed E-state index contributed by atoms with van der Waals surface area (Å²) in [7, 11) is 2.13. The second-order valence-corrected chi connectivity index (χ2v) is 7.58. The van der Waals surface area contributed by atoms with Gasteiger partial charge in [0.25, 0.3) is 5.91 Å². The summed E-state index contributed by atoms with van der Waals surface area (Å²) in [6.45, 7) is 5.81. The van der Waals surface area contributed by atoms with E-state index in [2.05, 4.69) is 22.2 Å². The summed E-state index contributed by atoms with van der Waals surface area (Å²) in [5.74, 6) is 0.213. The van der Waals surface area contributed by atoms with Crippen LogP contribution in [0.3, 0.4) is 0 Å². The lowest BCUT2D eigenvalue weighted by molar-refractivity contribution is -0.118. The number of amides is 1. The van der Waals surface area contributed by atoms with Crippen molar-refractivity contribution in [2.24, 2.45) is 0 Å². The molecule has 4 rings (SSSR count). The zero-order valence-corrected chi connectivity index (χ0v) is 17.2. The zero-order chi connectivity index (χ0) is 21.1. The molecule has 0 radical (unpaired) electrons. The molecular weight excluding hydrogens is 382 g/mol. The first kappa shape index (κ1) is 20.0. The first-order chi connectivity index (χ1) is 14.5. The fourth-order valence-electron chi connectivity index (χ4n) is 3.56. The van der Waals surface area contributed by atoms with Gasteiger partial charge in [-0.25, -0.2) is 4.79 Å². The lowest BCUT2D eigenvalue weighted by Gasteiger charge is -2.34. The minimum Gasteiger partial charge on any atom is -0.484 e. The summed E-state index contributed by atoms with van der Waals surface area (Å²) in [5, 5.41) is 3.68. The third-order valence-corrected chi connectivity index (χ3v) is 5.31.